The molecule has 0 rings (SSSR count). The van der Waals surface area contributed by atoms with Crippen LogP contribution in [-0.4, -0.2) is 37.2 Å². The molecule has 6 heteroatoms. The zero-order valence-corrected chi connectivity index (χ0v) is 49.0. The summed E-state index contributed by atoms with van der Waals surface area (Å²) in [5.41, 5.74) is 0. The van der Waals surface area contributed by atoms with Crippen LogP contribution in [0.5, 0.6) is 0 Å². The molecule has 0 fully saturated rings. The Hall–Kier alpha value is -3.93. The van der Waals surface area contributed by atoms with Crippen molar-refractivity contribution in [3.8, 4) is 0 Å². The van der Waals surface area contributed by atoms with Gasteiger partial charge in [0.1, 0.15) is 13.2 Å². The van der Waals surface area contributed by atoms with Gasteiger partial charge in [0.2, 0.25) is 0 Å². The first-order chi connectivity index (χ1) is 37.0. The lowest BCUT2D eigenvalue weighted by Crippen LogP contribution is -2.30. The molecule has 0 spiro atoms. The minimum Gasteiger partial charge on any atom is -0.462 e. The smallest absolute Gasteiger partial charge is 0.306 e. The molecule has 1 atom stereocenters. The van der Waals surface area contributed by atoms with Crippen LogP contribution in [0.25, 0.3) is 0 Å². The van der Waals surface area contributed by atoms with Crippen molar-refractivity contribution in [3.05, 3.63) is 109 Å². The number of esters is 3. The number of hydrogen-bond acceptors (Lipinski definition) is 6. The van der Waals surface area contributed by atoms with Gasteiger partial charge in [-0.25, -0.2) is 0 Å². The van der Waals surface area contributed by atoms with E-state index in [-0.39, 0.29) is 37.5 Å². The fraction of sp³-hybridized carbons (Fsp3) is 0.696. The number of hydrogen-bond donors (Lipinski definition) is 0. The summed E-state index contributed by atoms with van der Waals surface area (Å²) >= 11 is 0. The van der Waals surface area contributed by atoms with Gasteiger partial charge in [-0.05, 0) is 122 Å². The van der Waals surface area contributed by atoms with E-state index in [1.54, 1.807) is 0 Å². The molecular formula is C69H116O6. The number of rotatable bonds is 56. The third-order valence-electron chi connectivity index (χ3n) is 13.2. The molecule has 0 heterocycles. The van der Waals surface area contributed by atoms with Gasteiger partial charge >= 0.3 is 17.9 Å². The predicted octanol–water partition coefficient (Wildman–Crippen LogP) is 21.4. The molecule has 0 saturated carbocycles. The molecule has 0 aliphatic heterocycles. The fourth-order valence-corrected chi connectivity index (χ4v) is 8.60. The number of ether oxygens (including phenoxy) is 3. The first-order valence-electron chi connectivity index (χ1n) is 31.4. The molecule has 0 saturated heterocycles. The van der Waals surface area contributed by atoms with Gasteiger partial charge in [-0.15, -0.1) is 0 Å². The minimum absolute atomic E-state index is 0.101. The Morgan fingerprint density at radius 3 is 0.840 bits per heavy atom. The van der Waals surface area contributed by atoms with Crippen LogP contribution in [0.4, 0.5) is 0 Å². The number of carbonyl (C=O) groups is 3. The maximum atomic E-state index is 12.9. The molecule has 0 aromatic rings. The summed E-state index contributed by atoms with van der Waals surface area (Å²) in [4.78, 5) is 38.2. The van der Waals surface area contributed by atoms with Gasteiger partial charge < -0.3 is 14.2 Å². The Labute approximate surface area is 463 Å². The van der Waals surface area contributed by atoms with E-state index >= 15 is 0 Å². The lowest BCUT2D eigenvalue weighted by atomic mass is 10.0. The Morgan fingerprint density at radius 1 is 0.280 bits per heavy atom. The van der Waals surface area contributed by atoms with Crippen molar-refractivity contribution in [1.29, 1.82) is 0 Å². The highest BCUT2D eigenvalue weighted by Gasteiger charge is 2.19. The molecule has 6 nitrogen and oxygen atoms in total. The van der Waals surface area contributed by atoms with E-state index in [9.17, 15) is 14.4 Å². The van der Waals surface area contributed by atoms with E-state index in [4.69, 9.17) is 14.2 Å². The maximum absolute atomic E-state index is 12.9. The summed E-state index contributed by atoms with van der Waals surface area (Å²) in [7, 11) is 0. The van der Waals surface area contributed by atoms with Gasteiger partial charge in [-0.3, -0.25) is 14.4 Å². The zero-order chi connectivity index (χ0) is 54.3. The third-order valence-corrected chi connectivity index (χ3v) is 13.2. The van der Waals surface area contributed by atoms with Crippen molar-refractivity contribution in [3.63, 3.8) is 0 Å². The molecule has 0 aromatic carbocycles. The monoisotopic (exact) mass is 1040 g/mol. The van der Waals surface area contributed by atoms with E-state index in [0.717, 1.165) is 122 Å². The normalized spacial score (nSPS) is 12.8. The van der Waals surface area contributed by atoms with Crippen molar-refractivity contribution >= 4 is 17.9 Å². The van der Waals surface area contributed by atoms with Gasteiger partial charge in [0.05, 0.1) is 0 Å². The second-order valence-corrected chi connectivity index (χ2v) is 20.5. The average Bonchev–Trinajstić information content (AvgIpc) is 3.41. The van der Waals surface area contributed by atoms with Crippen LogP contribution in [0.2, 0.25) is 0 Å². The fourth-order valence-electron chi connectivity index (χ4n) is 8.60. The predicted molar refractivity (Wildman–Crippen MR) is 325 cm³/mol. The van der Waals surface area contributed by atoms with Crippen molar-refractivity contribution < 1.29 is 28.6 Å². The molecule has 0 bridgehead atoms. The summed E-state index contributed by atoms with van der Waals surface area (Å²) in [5, 5.41) is 0. The molecule has 0 N–H and O–H groups in total. The first kappa shape index (κ1) is 71.1. The topological polar surface area (TPSA) is 78.9 Å². The molecule has 0 radical (unpaired) electrons. The summed E-state index contributed by atoms with van der Waals surface area (Å²) in [6.45, 7) is 6.37. The molecular weight excluding hydrogens is 925 g/mol. The maximum Gasteiger partial charge on any atom is 0.306 e. The highest BCUT2D eigenvalue weighted by atomic mass is 16.6. The Balaban J connectivity index is 4.32. The van der Waals surface area contributed by atoms with Crippen LogP contribution in [-0.2, 0) is 28.6 Å². The van der Waals surface area contributed by atoms with Crippen molar-refractivity contribution in [2.45, 2.75) is 297 Å². The SMILES string of the molecule is CC/C=C\C/C=C\C/C=C\C/C=C\CCCCC(=O)OC(COC(=O)CCCCCCC/C=C\C/C=C\C/C=C\CC)COC(=O)CCCCCCCCCCCCCCCCC/C=C\C/C=C\CCCCCCC. The van der Waals surface area contributed by atoms with Gasteiger partial charge in [-0.2, -0.15) is 0 Å². The second-order valence-electron chi connectivity index (χ2n) is 20.5. The number of unbranched alkanes of at least 4 members (excludes halogenated alkanes) is 27. The van der Waals surface area contributed by atoms with Crippen LogP contribution in [0, 0.1) is 0 Å². The Bertz CT molecular complexity index is 1520. The minimum atomic E-state index is -0.809. The van der Waals surface area contributed by atoms with E-state index in [0.29, 0.717) is 19.3 Å². The lowest BCUT2D eigenvalue weighted by Gasteiger charge is -2.18. The quantitative estimate of drug-likeness (QED) is 0.0261. The van der Waals surface area contributed by atoms with Gasteiger partial charge in [0, 0.05) is 19.3 Å². The Morgan fingerprint density at radius 2 is 0.520 bits per heavy atom. The third kappa shape index (κ3) is 60.8. The van der Waals surface area contributed by atoms with Gasteiger partial charge in [-0.1, -0.05) is 259 Å². The summed E-state index contributed by atoms with van der Waals surface area (Å²) in [5.74, 6) is -0.956. The summed E-state index contributed by atoms with van der Waals surface area (Å²) < 4.78 is 16.9. The van der Waals surface area contributed by atoms with Crippen molar-refractivity contribution in [1.82, 2.24) is 0 Å². The Kier molecular flexibility index (Phi) is 59.3. The van der Waals surface area contributed by atoms with E-state index in [1.807, 2.05) is 0 Å². The van der Waals surface area contributed by atoms with Gasteiger partial charge in [0.25, 0.3) is 0 Å². The number of allylic oxidation sites excluding steroid dienone is 18. The van der Waals surface area contributed by atoms with E-state index in [2.05, 4.69) is 130 Å². The zero-order valence-electron chi connectivity index (χ0n) is 49.0. The molecule has 0 amide bonds. The van der Waals surface area contributed by atoms with E-state index in [1.165, 1.54) is 122 Å². The lowest BCUT2D eigenvalue weighted by molar-refractivity contribution is -0.167. The molecule has 1 unspecified atom stereocenters. The van der Waals surface area contributed by atoms with Crippen LogP contribution in [0.1, 0.15) is 290 Å². The largest absolute Gasteiger partial charge is 0.462 e. The van der Waals surface area contributed by atoms with Crippen LogP contribution >= 0.6 is 0 Å². The number of carbonyl (C=O) groups excluding carboxylic acids is 3. The first-order valence-corrected chi connectivity index (χ1v) is 31.4. The standard InChI is InChI=1S/C69H116O6/c1-4-7-10-13-16-19-22-25-28-29-30-31-32-33-34-35-36-37-38-39-42-44-47-50-53-56-59-62-68(71)74-65-66(75-69(72)63-60-57-54-51-48-45-41-27-24-21-18-15-12-9-6-3)64-73-67(70)61-58-55-52-49-46-43-40-26-23-20-17-14-11-8-5-2/h8-9,11-12,17-18,20-22,25-27,29-30,40-41,48,51,66H,4-7,10,13-16,19,23-24,28,31-39,42-47,49-50,52-65H2,1-3H3/b11-8-,12-9-,20-17-,21-18-,25-22-,30-29-,40-26-,41-27-,51-48-. The van der Waals surface area contributed by atoms with E-state index < -0.39 is 6.10 Å². The van der Waals surface area contributed by atoms with Crippen molar-refractivity contribution in [2.75, 3.05) is 13.2 Å². The average molecular weight is 1040 g/mol. The molecule has 75 heavy (non-hydrogen) atoms. The highest BCUT2D eigenvalue weighted by Crippen LogP contribution is 2.16. The van der Waals surface area contributed by atoms with Crippen molar-refractivity contribution in [2.24, 2.45) is 0 Å². The second kappa shape index (κ2) is 62.6. The van der Waals surface area contributed by atoms with Crippen LogP contribution in [0.3, 0.4) is 0 Å². The highest BCUT2D eigenvalue weighted by molar-refractivity contribution is 5.71. The molecule has 428 valence electrons. The summed E-state index contributed by atoms with van der Waals surface area (Å²) in [6, 6.07) is 0. The molecule has 0 aliphatic carbocycles. The van der Waals surface area contributed by atoms with Crippen LogP contribution in [0.15, 0.2) is 109 Å². The molecule has 0 aromatic heterocycles. The van der Waals surface area contributed by atoms with Crippen LogP contribution < -0.4 is 0 Å². The van der Waals surface area contributed by atoms with Gasteiger partial charge in [0.15, 0.2) is 6.10 Å². The summed E-state index contributed by atoms with van der Waals surface area (Å²) in [6.07, 6.45) is 85.3. The molecule has 0 aliphatic rings.